The van der Waals surface area contributed by atoms with Crippen LogP contribution in [0.2, 0.25) is 0 Å². The number of rotatable bonds is 8. The summed E-state index contributed by atoms with van der Waals surface area (Å²) in [5, 5.41) is 8.48. The fourth-order valence-electron chi connectivity index (χ4n) is 6.60. The highest BCUT2D eigenvalue weighted by Crippen LogP contribution is 2.37. The van der Waals surface area contributed by atoms with Crippen LogP contribution in [0.3, 0.4) is 0 Å². The minimum atomic E-state index is -2.83. The van der Waals surface area contributed by atoms with E-state index < -0.39 is 6.61 Å². The highest BCUT2D eigenvalue weighted by atomic mass is 19.3. The summed E-state index contributed by atoms with van der Waals surface area (Å²) in [7, 11) is 0. The Kier molecular flexibility index (Phi) is 7.54. The summed E-state index contributed by atoms with van der Waals surface area (Å²) in [6.07, 6.45) is 3.99. The van der Waals surface area contributed by atoms with E-state index in [9.17, 15) is 8.78 Å². The number of alkyl halides is 2. The number of hydrogen-bond donors (Lipinski definition) is 0. The zero-order valence-electron chi connectivity index (χ0n) is 24.2. The lowest BCUT2D eigenvalue weighted by atomic mass is 9.91. The molecule has 2 fully saturated rings. The summed E-state index contributed by atoms with van der Waals surface area (Å²) in [6, 6.07) is 7.51. The first-order valence-corrected chi connectivity index (χ1v) is 14.5. The van der Waals surface area contributed by atoms with Gasteiger partial charge in [-0.1, -0.05) is 26.0 Å². The van der Waals surface area contributed by atoms with Gasteiger partial charge in [0.1, 0.15) is 23.4 Å². The van der Waals surface area contributed by atoms with Gasteiger partial charge in [0.25, 0.3) is 5.78 Å². The van der Waals surface area contributed by atoms with Gasteiger partial charge in [0.15, 0.2) is 11.5 Å². The molecule has 2 aliphatic rings. The molecule has 4 aromatic rings. The molecule has 0 amide bonds. The van der Waals surface area contributed by atoms with E-state index in [-0.39, 0.29) is 30.0 Å². The molecule has 0 aliphatic carbocycles. The van der Waals surface area contributed by atoms with Gasteiger partial charge in [-0.3, -0.25) is 4.90 Å². The average Bonchev–Trinajstić information content (AvgIpc) is 3.67. The van der Waals surface area contributed by atoms with Gasteiger partial charge in [0.05, 0.1) is 12.6 Å². The minimum absolute atomic E-state index is 0.120. The van der Waals surface area contributed by atoms with E-state index >= 15 is 0 Å². The third kappa shape index (κ3) is 5.23. The summed E-state index contributed by atoms with van der Waals surface area (Å²) in [6.45, 7) is 11.1. The standard InChI is InChI=1S/C29H38F2N8O2/c1-17(2)25(21-8-10-22(11-9-21)41-28(30)31)36-13-19(4)37(14-18(36)3)26-24-27(39-16-32-35-29(39)34-26)38(20(5)33-24)15-23-7-6-12-40-23/h8-11,16-19,23,25,28H,6-7,12-15H2,1-5H3/t18-,19+,23?,25-/m1/s1. The molecule has 1 aromatic carbocycles. The summed E-state index contributed by atoms with van der Waals surface area (Å²) in [5.41, 5.74) is 2.87. The SMILES string of the molecule is Cc1nc2c(N3C[C@@H](C)N([C@@H](c4ccc(OC(F)F)cc4)C(C)C)C[C@@H]3C)nc3nncn3c2n1CC1CCCO1. The predicted octanol–water partition coefficient (Wildman–Crippen LogP) is 4.86. The lowest BCUT2D eigenvalue weighted by Gasteiger charge is -2.49. The first-order valence-electron chi connectivity index (χ1n) is 14.5. The molecule has 0 spiro atoms. The zero-order chi connectivity index (χ0) is 28.8. The topological polar surface area (TPSA) is 85.8 Å². The van der Waals surface area contributed by atoms with Gasteiger partial charge in [-0.2, -0.15) is 13.8 Å². The Labute approximate surface area is 238 Å². The maximum atomic E-state index is 12.7. The number of benzene rings is 1. The highest BCUT2D eigenvalue weighted by molar-refractivity contribution is 5.87. The molecule has 10 nitrogen and oxygen atoms in total. The van der Waals surface area contributed by atoms with E-state index in [0.717, 1.165) is 67.5 Å². The van der Waals surface area contributed by atoms with Crippen molar-refractivity contribution in [2.24, 2.45) is 5.92 Å². The monoisotopic (exact) mass is 568 g/mol. The molecule has 41 heavy (non-hydrogen) atoms. The zero-order valence-corrected chi connectivity index (χ0v) is 24.2. The Hall–Kier alpha value is -3.38. The van der Waals surface area contributed by atoms with Crippen LogP contribution in [0.15, 0.2) is 30.6 Å². The van der Waals surface area contributed by atoms with E-state index in [1.807, 2.05) is 23.5 Å². The minimum Gasteiger partial charge on any atom is -0.435 e. The lowest BCUT2D eigenvalue weighted by Crippen LogP contribution is -2.58. The molecule has 3 aromatic heterocycles. The van der Waals surface area contributed by atoms with Gasteiger partial charge in [0, 0.05) is 37.8 Å². The van der Waals surface area contributed by atoms with Crippen LogP contribution < -0.4 is 9.64 Å². The van der Waals surface area contributed by atoms with Crippen LogP contribution in [-0.2, 0) is 11.3 Å². The molecule has 12 heteroatoms. The van der Waals surface area contributed by atoms with E-state index in [1.54, 1.807) is 18.5 Å². The first kappa shape index (κ1) is 27.8. The fourth-order valence-corrected chi connectivity index (χ4v) is 6.60. The van der Waals surface area contributed by atoms with E-state index in [4.69, 9.17) is 14.7 Å². The quantitative estimate of drug-likeness (QED) is 0.298. The van der Waals surface area contributed by atoms with Crippen molar-refractivity contribution in [2.45, 2.75) is 84.8 Å². The van der Waals surface area contributed by atoms with Gasteiger partial charge < -0.3 is 18.9 Å². The molecular weight excluding hydrogens is 530 g/mol. The van der Waals surface area contributed by atoms with Crippen molar-refractivity contribution in [3.63, 3.8) is 0 Å². The summed E-state index contributed by atoms with van der Waals surface area (Å²) >= 11 is 0. The molecule has 0 radical (unpaired) electrons. The van der Waals surface area contributed by atoms with E-state index in [2.05, 4.69) is 57.0 Å². The van der Waals surface area contributed by atoms with Gasteiger partial charge in [-0.05, 0) is 57.2 Å². The van der Waals surface area contributed by atoms with Gasteiger partial charge in [-0.15, -0.1) is 10.2 Å². The number of piperazine rings is 1. The molecule has 220 valence electrons. The van der Waals surface area contributed by atoms with Crippen molar-refractivity contribution < 1.29 is 18.3 Å². The Morgan fingerprint density at radius 1 is 1.07 bits per heavy atom. The van der Waals surface area contributed by atoms with Crippen molar-refractivity contribution >= 4 is 22.8 Å². The molecule has 2 saturated heterocycles. The smallest absolute Gasteiger partial charge is 0.387 e. The first-order chi connectivity index (χ1) is 19.7. The molecular formula is C29H38F2N8O2. The van der Waals surface area contributed by atoms with Crippen LogP contribution in [0.5, 0.6) is 5.75 Å². The van der Waals surface area contributed by atoms with Crippen molar-refractivity contribution in [1.29, 1.82) is 0 Å². The summed E-state index contributed by atoms with van der Waals surface area (Å²) in [4.78, 5) is 14.9. The molecule has 0 N–H and O–H groups in total. The second kappa shape index (κ2) is 11.1. The second-order valence-electron chi connectivity index (χ2n) is 11.7. The van der Waals surface area contributed by atoms with Crippen molar-refractivity contribution in [2.75, 3.05) is 24.6 Å². The Bertz CT molecular complexity index is 1500. The maximum Gasteiger partial charge on any atom is 0.387 e. The third-order valence-electron chi connectivity index (χ3n) is 8.46. The third-order valence-corrected chi connectivity index (χ3v) is 8.46. The van der Waals surface area contributed by atoms with Crippen LogP contribution >= 0.6 is 0 Å². The lowest BCUT2D eigenvalue weighted by molar-refractivity contribution is -0.0498. The number of imidazole rings is 1. The van der Waals surface area contributed by atoms with Gasteiger partial charge in [-0.25, -0.2) is 9.38 Å². The van der Waals surface area contributed by atoms with E-state index in [1.165, 1.54) is 0 Å². The number of nitrogens with zero attached hydrogens (tertiary/aromatic N) is 8. The number of aromatic nitrogens is 6. The number of halogens is 2. The van der Waals surface area contributed by atoms with Crippen LogP contribution in [0.25, 0.3) is 16.9 Å². The summed E-state index contributed by atoms with van der Waals surface area (Å²) in [5.74, 6) is 2.77. The highest BCUT2D eigenvalue weighted by Gasteiger charge is 2.37. The second-order valence-corrected chi connectivity index (χ2v) is 11.7. The normalized spacial score (nSPS) is 23.0. The summed E-state index contributed by atoms with van der Waals surface area (Å²) < 4.78 is 40.0. The van der Waals surface area contributed by atoms with Crippen molar-refractivity contribution in [1.82, 2.24) is 34.0 Å². The molecule has 6 rings (SSSR count). The Balaban J connectivity index is 1.32. The van der Waals surface area contributed by atoms with Crippen LogP contribution in [-0.4, -0.2) is 78.5 Å². The van der Waals surface area contributed by atoms with E-state index in [0.29, 0.717) is 11.7 Å². The maximum absolute atomic E-state index is 12.7. The Morgan fingerprint density at radius 2 is 1.85 bits per heavy atom. The molecule has 0 bridgehead atoms. The van der Waals surface area contributed by atoms with Gasteiger partial charge in [0.2, 0.25) is 0 Å². The molecule has 1 unspecified atom stereocenters. The fraction of sp³-hybridized carbons (Fsp3) is 0.586. The average molecular weight is 569 g/mol. The molecule has 5 heterocycles. The van der Waals surface area contributed by atoms with Crippen LogP contribution in [0.4, 0.5) is 14.6 Å². The predicted molar refractivity (Wildman–Crippen MR) is 151 cm³/mol. The number of aryl methyl sites for hydroxylation is 1. The Morgan fingerprint density at radius 3 is 2.54 bits per heavy atom. The van der Waals surface area contributed by atoms with Crippen molar-refractivity contribution in [3.8, 4) is 5.75 Å². The van der Waals surface area contributed by atoms with Gasteiger partial charge >= 0.3 is 6.61 Å². The number of ether oxygens (including phenoxy) is 2. The van der Waals surface area contributed by atoms with Crippen molar-refractivity contribution in [3.05, 3.63) is 42.0 Å². The largest absolute Gasteiger partial charge is 0.435 e. The number of anilines is 1. The number of fused-ring (bicyclic) bond motifs is 3. The molecule has 2 aliphatic heterocycles. The number of hydrogen-bond acceptors (Lipinski definition) is 8. The molecule has 4 atom stereocenters. The van der Waals surface area contributed by atoms with Crippen LogP contribution in [0.1, 0.15) is 58.0 Å². The molecule has 0 saturated carbocycles. The van der Waals surface area contributed by atoms with Crippen LogP contribution in [0, 0.1) is 12.8 Å².